The zero-order chi connectivity index (χ0) is 18.0. The second kappa shape index (κ2) is 7.09. The van der Waals surface area contributed by atoms with Crippen LogP contribution in [-0.4, -0.2) is 28.6 Å². The number of rotatable bonds is 5. The summed E-state index contributed by atoms with van der Waals surface area (Å²) in [5.41, 5.74) is 0.709. The van der Waals surface area contributed by atoms with E-state index in [4.69, 9.17) is 16.3 Å². The molecule has 1 heterocycles. The second-order valence-corrected chi connectivity index (χ2v) is 7.85. The van der Waals surface area contributed by atoms with Gasteiger partial charge in [0.15, 0.2) is 0 Å². The van der Waals surface area contributed by atoms with Gasteiger partial charge in [-0.15, -0.1) is 0 Å². The Kier molecular flexibility index (Phi) is 5.06. The van der Waals surface area contributed by atoms with E-state index in [2.05, 4.69) is 9.62 Å². The summed E-state index contributed by atoms with van der Waals surface area (Å²) in [6.45, 7) is 1.76. The molecular formula is C17H18ClFN2O3S. The van der Waals surface area contributed by atoms with Crippen LogP contribution in [0.15, 0.2) is 41.3 Å². The minimum atomic E-state index is -3.97. The molecule has 1 aliphatic rings. The molecule has 134 valence electrons. The van der Waals surface area contributed by atoms with Crippen LogP contribution in [-0.2, 0) is 10.0 Å². The molecule has 0 spiro atoms. The van der Waals surface area contributed by atoms with E-state index in [0.717, 1.165) is 31.6 Å². The Bertz CT molecular complexity index is 883. The predicted molar refractivity (Wildman–Crippen MR) is 96.7 cm³/mol. The molecule has 1 aliphatic heterocycles. The number of sulfonamides is 1. The lowest BCUT2D eigenvalue weighted by atomic mass is 10.2. The molecule has 1 N–H and O–H groups in total. The molecule has 1 saturated heterocycles. The molecule has 0 atom stereocenters. The highest BCUT2D eigenvalue weighted by Gasteiger charge is 2.20. The third-order valence-corrected chi connectivity index (χ3v) is 5.76. The first-order valence-electron chi connectivity index (χ1n) is 7.81. The van der Waals surface area contributed by atoms with Crippen LogP contribution < -0.4 is 14.4 Å². The molecule has 0 amide bonds. The number of halogens is 2. The summed E-state index contributed by atoms with van der Waals surface area (Å²) in [6.07, 6.45) is 2.14. The monoisotopic (exact) mass is 384 g/mol. The summed E-state index contributed by atoms with van der Waals surface area (Å²) < 4.78 is 46.5. The smallest absolute Gasteiger partial charge is 0.262 e. The van der Waals surface area contributed by atoms with E-state index in [-0.39, 0.29) is 15.6 Å². The first kappa shape index (κ1) is 17.8. The van der Waals surface area contributed by atoms with Gasteiger partial charge in [0.05, 0.1) is 22.7 Å². The zero-order valence-corrected chi connectivity index (χ0v) is 15.2. The van der Waals surface area contributed by atoms with Crippen LogP contribution in [0.3, 0.4) is 0 Å². The van der Waals surface area contributed by atoms with Gasteiger partial charge in [-0.25, -0.2) is 12.8 Å². The molecule has 3 rings (SSSR count). The molecular weight excluding hydrogens is 367 g/mol. The van der Waals surface area contributed by atoms with Crippen molar-refractivity contribution < 1.29 is 17.5 Å². The summed E-state index contributed by atoms with van der Waals surface area (Å²) in [5, 5.41) is 0.164. The topological polar surface area (TPSA) is 58.6 Å². The lowest BCUT2D eigenvalue weighted by Gasteiger charge is -2.19. The van der Waals surface area contributed by atoms with E-state index in [1.165, 1.54) is 37.4 Å². The fourth-order valence-corrected chi connectivity index (χ4v) is 4.19. The molecule has 0 unspecified atom stereocenters. The molecule has 1 fully saturated rings. The molecule has 0 aliphatic carbocycles. The number of benzene rings is 2. The molecule has 25 heavy (non-hydrogen) atoms. The molecule has 0 saturated carbocycles. The molecule has 5 nitrogen and oxygen atoms in total. The molecule has 0 aromatic heterocycles. The third-order valence-electron chi connectivity index (χ3n) is 4.10. The van der Waals surface area contributed by atoms with Gasteiger partial charge in [0.1, 0.15) is 11.6 Å². The Morgan fingerprint density at radius 1 is 1.16 bits per heavy atom. The van der Waals surface area contributed by atoms with Gasteiger partial charge in [-0.3, -0.25) is 4.72 Å². The van der Waals surface area contributed by atoms with Crippen LogP contribution in [0.2, 0.25) is 5.02 Å². The lowest BCUT2D eigenvalue weighted by Crippen LogP contribution is -2.19. The number of nitrogens with one attached hydrogen (secondary N) is 1. The molecule has 0 radical (unpaired) electrons. The van der Waals surface area contributed by atoms with E-state index < -0.39 is 15.8 Å². The highest BCUT2D eigenvalue weighted by atomic mass is 35.5. The van der Waals surface area contributed by atoms with Crippen molar-refractivity contribution in [2.75, 3.05) is 29.8 Å². The number of anilines is 2. The summed E-state index contributed by atoms with van der Waals surface area (Å²) >= 11 is 5.98. The summed E-state index contributed by atoms with van der Waals surface area (Å²) in [4.78, 5) is 2.03. The van der Waals surface area contributed by atoms with E-state index in [1.807, 2.05) is 0 Å². The predicted octanol–water partition coefficient (Wildman–Crippen LogP) is 3.89. The molecule has 8 heteroatoms. The summed E-state index contributed by atoms with van der Waals surface area (Å²) in [5.74, 6) is -0.269. The lowest BCUT2D eigenvalue weighted by molar-refractivity contribution is 0.414. The molecule has 2 aromatic carbocycles. The van der Waals surface area contributed by atoms with Gasteiger partial charge in [0.25, 0.3) is 10.0 Å². The molecule has 2 aromatic rings. The van der Waals surface area contributed by atoms with Gasteiger partial charge in [0.2, 0.25) is 0 Å². The molecule has 0 bridgehead atoms. The Labute approximate surface area is 151 Å². The maximum absolute atomic E-state index is 14.1. The SMILES string of the molecule is COc1ccc(S(=O)(=O)Nc2cc(N3CCCC3)ccc2F)cc1Cl. The normalized spacial score (nSPS) is 14.6. The van der Waals surface area contributed by atoms with Crippen LogP contribution in [0.1, 0.15) is 12.8 Å². The van der Waals surface area contributed by atoms with Gasteiger partial charge < -0.3 is 9.64 Å². The van der Waals surface area contributed by atoms with Gasteiger partial charge in [-0.1, -0.05) is 11.6 Å². The van der Waals surface area contributed by atoms with Crippen molar-refractivity contribution in [1.29, 1.82) is 0 Å². The van der Waals surface area contributed by atoms with Crippen molar-refractivity contribution in [1.82, 2.24) is 0 Å². The average Bonchev–Trinajstić information content (AvgIpc) is 3.11. The van der Waals surface area contributed by atoms with Crippen molar-refractivity contribution in [2.24, 2.45) is 0 Å². The Morgan fingerprint density at radius 2 is 1.88 bits per heavy atom. The average molecular weight is 385 g/mol. The number of hydrogen-bond donors (Lipinski definition) is 1. The van der Waals surface area contributed by atoms with Crippen molar-refractivity contribution in [3.05, 3.63) is 47.2 Å². The quantitative estimate of drug-likeness (QED) is 0.849. The van der Waals surface area contributed by atoms with Crippen LogP contribution in [0.5, 0.6) is 5.75 Å². The van der Waals surface area contributed by atoms with Crippen molar-refractivity contribution in [3.63, 3.8) is 0 Å². The first-order valence-corrected chi connectivity index (χ1v) is 9.68. The number of ether oxygens (including phenoxy) is 1. The fourth-order valence-electron chi connectivity index (χ4n) is 2.78. The Hall–Kier alpha value is -1.99. The number of methoxy groups -OCH3 is 1. The third kappa shape index (κ3) is 3.82. The van der Waals surface area contributed by atoms with E-state index in [0.29, 0.717) is 5.75 Å². The van der Waals surface area contributed by atoms with Crippen molar-refractivity contribution in [3.8, 4) is 5.75 Å². The van der Waals surface area contributed by atoms with Gasteiger partial charge >= 0.3 is 0 Å². The maximum Gasteiger partial charge on any atom is 0.262 e. The zero-order valence-electron chi connectivity index (χ0n) is 13.6. The van der Waals surface area contributed by atoms with Crippen LogP contribution in [0, 0.1) is 5.82 Å². The second-order valence-electron chi connectivity index (χ2n) is 5.76. The first-order chi connectivity index (χ1) is 11.9. The van der Waals surface area contributed by atoms with E-state index in [9.17, 15) is 12.8 Å². The fraction of sp³-hybridized carbons (Fsp3) is 0.294. The highest BCUT2D eigenvalue weighted by molar-refractivity contribution is 7.92. The number of nitrogens with zero attached hydrogens (tertiary/aromatic N) is 1. The minimum absolute atomic E-state index is 0.0655. The van der Waals surface area contributed by atoms with Crippen LogP contribution in [0.4, 0.5) is 15.8 Å². The Morgan fingerprint density at radius 3 is 2.52 bits per heavy atom. The van der Waals surface area contributed by atoms with Crippen molar-refractivity contribution in [2.45, 2.75) is 17.7 Å². The standard InChI is InChI=1S/C17H18ClFN2O3S/c1-24-17-7-5-13(11-14(17)18)25(22,23)20-16-10-12(4-6-15(16)19)21-8-2-3-9-21/h4-7,10-11,20H,2-3,8-9H2,1H3. The summed E-state index contributed by atoms with van der Waals surface area (Å²) in [7, 11) is -2.53. The Balaban J connectivity index is 1.90. The van der Waals surface area contributed by atoms with Gasteiger partial charge in [-0.2, -0.15) is 0 Å². The van der Waals surface area contributed by atoms with Gasteiger partial charge in [0, 0.05) is 18.8 Å². The van der Waals surface area contributed by atoms with Gasteiger partial charge in [-0.05, 0) is 49.2 Å². The van der Waals surface area contributed by atoms with Crippen molar-refractivity contribution >= 4 is 33.0 Å². The van der Waals surface area contributed by atoms with Crippen LogP contribution >= 0.6 is 11.6 Å². The minimum Gasteiger partial charge on any atom is -0.495 e. The number of hydrogen-bond acceptors (Lipinski definition) is 4. The highest BCUT2D eigenvalue weighted by Crippen LogP contribution is 2.30. The largest absolute Gasteiger partial charge is 0.495 e. The maximum atomic E-state index is 14.1. The van der Waals surface area contributed by atoms with E-state index >= 15 is 0 Å². The summed E-state index contributed by atoms with van der Waals surface area (Å²) in [6, 6.07) is 8.52. The van der Waals surface area contributed by atoms with E-state index in [1.54, 1.807) is 6.07 Å². The van der Waals surface area contributed by atoms with Crippen LogP contribution in [0.25, 0.3) is 0 Å².